The molecule has 0 radical (unpaired) electrons. The molecule has 0 saturated carbocycles. The summed E-state index contributed by atoms with van der Waals surface area (Å²) in [6.45, 7) is 9.69. The van der Waals surface area contributed by atoms with E-state index in [1.807, 2.05) is 52.8 Å². The van der Waals surface area contributed by atoms with Gasteiger partial charge in [0.2, 0.25) is 0 Å². The van der Waals surface area contributed by atoms with E-state index >= 15 is 0 Å². The van der Waals surface area contributed by atoms with Gasteiger partial charge in [-0.15, -0.1) is 0 Å². The van der Waals surface area contributed by atoms with Gasteiger partial charge in [0, 0.05) is 10.0 Å². The molecule has 0 bridgehead atoms. The van der Waals surface area contributed by atoms with Gasteiger partial charge in [-0.1, -0.05) is 26.4 Å². The predicted molar refractivity (Wildman–Crippen MR) is 79.0 cm³/mol. The Kier molecular flexibility index (Phi) is 4.81. The van der Waals surface area contributed by atoms with E-state index in [1.54, 1.807) is 0 Å². The molecule has 0 spiro atoms. The third-order valence-corrected chi connectivity index (χ3v) is 4.70. The van der Waals surface area contributed by atoms with Crippen molar-refractivity contribution in [2.75, 3.05) is 0 Å². The topological polar surface area (TPSA) is 35.4 Å². The largest absolute Gasteiger partial charge is 0.591 e. The van der Waals surface area contributed by atoms with E-state index < -0.39 is 11.4 Å². The third kappa shape index (κ3) is 4.12. The zero-order valence-corrected chi connectivity index (χ0v) is 13.3. The first-order valence-corrected chi connectivity index (χ1v) is 7.35. The average molecular weight is 316 g/mol. The zero-order chi connectivity index (χ0) is 13.2. The summed E-state index contributed by atoms with van der Waals surface area (Å²) in [5.74, 6) is 0. The van der Waals surface area contributed by atoms with E-state index in [-0.39, 0.29) is 4.75 Å². The Balaban J connectivity index is 3.00. The number of halogens is 1. The molecular weight excluding hydrogens is 298 g/mol. The van der Waals surface area contributed by atoms with Crippen LogP contribution in [-0.2, 0) is 11.4 Å². The SMILES string of the molecule is CC(=N[S@+]([O-])C(C)(C)C)c1ccc(Br)c(C)c1. The van der Waals surface area contributed by atoms with Gasteiger partial charge >= 0.3 is 0 Å². The lowest BCUT2D eigenvalue weighted by Crippen LogP contribution is -2.26. The second kappa shape index (κ2) is 5.55. The monoisotopic (exact) mass is 315 g/mol. The van der Waals surface area contributed by atoms with Crippen molar-refractivity contribution in [3.63, 3.8) is 0 Å². The van der Waals surface area contributed by atoms with Crippen LogP contribution in [0.1, 0.15) is 38.8 Å². The van der Waals surface area contributed by atoms with E-state index in [1.165, 1.54) is 0 Å². The van der Waals surface area contributed by atoms with Crippen molar-refractivity contribution < 1.29 is 4.55 Å². The molecule has 0 heterocycles. The fourth-order valence-corrected chi connectivity index (χ4v) is 2.06. The average Bonchev–Trinajstić information content (AvgIpc) is 2.20. The molecule has 17 heavy (non-hydrogen) atoms. The van der Waals surface area contributed by atoms with Gasteiger partial charge in [0.05, 0.1) is 5.71 Å². The summed E-state index contributed by atoms with van der Waals surface area (Å²) < 4.78 is 16.9. The molecule has 1 aromatic carbocycles. The second-order valence-corrected chi connectivity index (χ2v) is 7.76. The van der Waals surface area contributed by atoms with Gasteiger partial charge in [-0.3, -0.25) is 0 Å². The van der Waals surface area contributed by atoms with Gasteiger partial charge in [0.25, 0.3) is 0 Å². The number of aryl methyl sites for hydroxylation is 1. The van der Waals surface area contributed by atoms with Gasteiger partial charge in [-0.2, -0.15) is 0 Å². The van der Waals surface area contributed by atoms with Crippen LogP contribution in [0.15, 0.2) is 27.1 Å². The summed E-state index contributed by atoms with van der Waals surface area (Å²) in [6, 6.07) is 6.02. The minimum Gasteiger partial charge on any atom is -0.591 e. The lowest BCUT2D eigenvalue weighted by Gasteiger charge is -2.18. The van der Waals surface area contributed by atoms with Crippen molar-refractivity contribution in [2.24, 2.45) is 4.40 Å². The molecule has 0 amide bonds. The smallest absolute Gasteiger partial charge is 0.144 e. The van der Waals surface area contributed by atoms with Crippen molar-refractivity contribution >= 4 is 33.0 Å². The van der Waals surface area contributed by atoms with Crippen molar-refractivity contribution in [1.82, 2.24) is 0 Å². The molecule has 1 aromatic rings. The Morgan fingerprint density at radius 1 is 1.35 bits per heavy atom. The third-order valence-electron chi connectivity index (χ3n) is 2.32. The molecule has 0 saturated heterocycles. The van der Waals surface area contributed by atoms with Gasteiger partial charge in [-0.25, -0.2) is 0 Å². The van der Waals surface area contributed by atoms with Crippen molar-refractivity contribution in [1.29, 1.82) is 0 Å². The van der Waals surface area contributed by atoms with Gasteiger partial charge in [0.1, 0.15) is 16.1 Å². The van der Waals surface area contributed by atoms with Crippen LogP contribution in [-0.4, -0.2) is 15.0 Å². The Hall–Kier alpha value is -0.320. The van der Waals surface area contributed by atoms with Gasteiger partial charge < -0.3 is 4.55 Å². The van der Waals surface area contributed by atoms with Crippen LogP contribution in [0.3, 0.4) is 0 Å². The second-order valence-electron chi connectivity index (χ2n) is 5.00. The van der Waals surface area contributed by atoms with Crippen LogP contribution < -0.4 is 0 Å². The highest BCUT2D eigenvalue weighted by molar-refractivity contribution is 9.10. The van der Waals surface area contributed by atoms with Crippen molar-refractivity contribution in [3.8, 4) is 0 Å². The Morgan fingerprint density at radius 2 is 1.94 bits per heavy atom. The molecule has 0 aromatic heterocycles. The molecule has 0 aliphatic heterocycles. The summed E-state index contributed by atoms with van der Waals surface area (Å²) in [5.41, 5.74) is 2.98. The Bertz CT molecular complexity index is 438. The minimum absolute atomic E-state index is 0.314. The van der Waals surface area contributed by atoms with Crippen LogP contribution in [0.2, 0.25) is 0 Å². The highest BCUT2D eigenvalue weighted by Gasteiger charge is 2.26. The maximum Gasteiger partial charge on any atom is 0.144 e. The van der Waals surface area contributed by atoms with E-state index in [4.69, 9.17) is 0 Å². The summed E-state index contributed by atoms with van der Waals surface area (Å²) in [5, 5.41) is 0. The molecule has 0 unspecified atom stereocenters. The van der Waals surface area contributed by atoms with E-state index in [9.17, 15) is 4.55 Å². The number of benzene rings is 1. The van der Waals surface area contributed by atoms with E-state index in [0.717, 1.165) is 21.3 Å². The molecular formula is C13H18BrNOS. The number of hydrogen-bond acceptors (Lipinski definition) is 2. The zero-order valence-electron chi connectivity index (χ0n) is 10.9. The fourth-order valence-electron chi connectivity index (χ4n) is 1.18. The normalized spacial score (nSPS) is 14.9. The van der Waals surface area contributed by atoms with Crippen LogP contribution in [0.4, 0.5) is 0 Å². The Labute approximate surface area is 115 Å². The number of rotatable bonds is 2. The molecule has 1 atom stereocenters. The summed E-state index contributed by atoms with van der Waals surface area (Å²) in [6.07, 6.45) is 0. The van der Waals surface area contributed by atoms with E-state index in [0.29, 0.717) is 0 Å². The minimum atomic E-state index is -1.20. The quantitative estimate of drug-likeness (QED) is 0.599. The molecule has 1 rings (SSSR count). The molecule has 0 N–H and O–H groups in total. The maximum atomic E-state index is 11.9. The van der Waals surface area contributed by atoms with Gasteiger partial charge in [-0.05, 0) is 52.3 Å². The molecule has 0 fully saturated rings. The van der Waals surface area contributed by atoms with Crippen LogP contribution in [0, 0.1) is 6.92 Å². The van der Waals surface area contributed by atoms with E-state index in [2.05, 4.69) is 20.3 Å². The predicted octanol–water partition coefficient (Wildman–Crippen LogP) is 4.03. The van der Waals surface area contributed by atoms with Gasteiger partial charge in [0.15, 0.2) is 0 Å². The summed E-state index contributed by atoms with van der Waals surface area (Å²) in [4.78, 5) is 0. The summed E-state index contributed by atoms with van der Waals surface area (Å²) in [7, 11) is 0. The first-order chi connectivity index (χ1) is 7.71. The van der Waals surface area contributed by atoms with Crippen LogP contribution in [0.25, 0.3) is 0 Å². The Morgan fingerprint density at radius 3 is 2.41 bits per heavy atom. The highest BCUT2D eigenvalue weighted by Crippen LogP contribution is 2.20. The summed E-state index contributed by atoms with van der Waals surface area (Å²) >= 11 is 2.26. The number of nitrogens with zero attached hydrogens (tertiary/aromatic N) is 1. The fraction of sp³-hybridized carbons (Fsp3) is 0.462. The lowest BCUT2D eigenvalue weighted by atomic mass is 10.1. The molecule has 0 aliphatic carbocycles. The lowest BCUT2D eigenvalue weighted by molar-refractivity contribution is 0.561. The highest BCUT2D eigenvalue weighted by atomic mass is 79.9. The molecule has 0 aliphatic rings. The van der Waals surface area contributed by atoms with Crippen molar-refractivity contribution in [2.45, 2.75) is 39.4 Å². The maximum absolute atomic E-state index is 11.9. The molecule has 94 valence electrons. The first kappa shape index (κ1) is 14.7. The molecule has 4 heteroatoms. The van der Waals surface area contributed by atoms with Crippen LogP contribution >= 0.6 is 15.9 Å². The number of hydrogen-bond donors (Lipinski definition) is 0. The standard InChI is InChI=1S/C13H18BrNOS/c1-9-8-11(6-7-12(9)14)10(2)15-17(16)13(3,4)5/h6-8H,1-5H3/t17-/m1/s1. The van der Waals surface area contributed by atoms with Crippen LogP contribution in [0.5, 0.6) is 0 Å². The first-order valence-electron chi connectivity index (χ1n) is 5.45. The van der Waals surface area contributed by atoms with Crippen molar-refractivity contribution in [3.05, 3.63) is 33.8 Å². The molecule has 2 nitrogen and oxygen atoms in total.